The number of ketones is 1. The highest BCUT2D eigenvalue weighted by atomic mass is 35.5. The van der Waals surface area contributed by atoms with Crippen LogP contribution in [0, 0.1) is 0 Å². The molecular weight excluding hydrogens is 309 g/mol. The van der Waals surface area contributed by atoms with E-state index in [0.717, 1.165) is 0 Å². The van der Waals surface area contributed by atoms with E-state index in [-0.39, 0.29) is 11.7 Å². The van der Waals surface area contributed by atoms with E-state index >= 15 is 0 Å². The smallest absolute Gasteiger partial charge is 0.258 e. The number of hydrogen-bond acceptors (Lipinski definition) is 2. The molecule has 106 valence electrons. The van der Waals surface area contributed by atoms with Gasteiger partial charge in [0.15, 0.2) is 5.78 Å². The van der Waals surface area contributed by atoms with E-state index in [0.29, 0.717) is 39.8 Å². The summed E-state index contributed by atoms with van der Waals surface area (Å²) in [4.78, 5) is 26.2. The number of hydrogen-bond donors (Lipinski definition) is 0. The van der Waals surface area contributed by atoms with Crippen molar-refractivity contribution in [3.8, 4) is 0 Å². The fourth-order valence-electron chi connectivity index (χ4n) is 2.41. The van der Waals surface area contributed by atoms with Crippen LogP contribution in [-0.2, 0) is 0 Å². The van der Waals surface area contributed by atoms with E-state index in [1.54, 1.807) is 41.3 Å². The van der Waals surface area contributed by atoms with Gasteiger partial charge in [0.25, 0.3) is 5.91 Å². The van der Waals surface area contributed by atoms with Crippen molar-refractivity contribution in [2.24, 2.45) is 0 Å². The molecule has 1 heterocycles. The number of amides is 1. The number of para-hydroxylation sites is 1. The number of anilines is 1. The van der Waals surface area contributed by atoms with Crippen molar-refractivity contribution >= 4 is 40.6 Å². The number of carbonyl (C=O) groups is 2. The average Bonchev–Trinajstić information content (AvgIpc) is 2.50. The molecule has 0 fully saturated rings. The summed E-state index contributed by atoms with van der Waals surface area (Å²) >= 11 is 11.8. The van der Waals surface area contributed by atoms with E-state index in [2.05, 4.69) is 0 Å². The Labute approximate surface area is 132 Å². The standard InChI is InChI=1S/C16H11Cl2NO2/c17-12-6-5-10(9-13(12)18)16(21)19-8-7-15(20)11-3-1-2-4-14(11)19/h1-6,9H,7-8H2. The van der Waals surface area contributed by atoms with Gasteiger partial charge in [-0.1, -0.05) is 35.3 Å². The molecule has 3 rings (SSSR count). The average molecular weight is 320 g/mol. The SMILES string of the molecule is O=C1CCN(C(=O)c2ccc(Cl)c(Cl)c2)c2ccccc21. The highest BCUT2D eigenvalue weighted by Gasteiger charge is 2.27. The Morgan fingerprint density at radius 3 is 2.57 bits per heavy atom. The van der Waals surface area contributed by atoms with E-state index in [1.807, 2.05) is 6.07 Å². The molecule has 0 saturated heterocycles. The van der Waals surface area contributed by atoms with Crippen LogP contribution in [0.2, 0.25) is 10.0 Å². The minimum atomic E-state index is -0.187. The Balaban J connectivity index is 2.01. The number of carbonyl (C=O) groups excluding carboxylic acids is 2. The van der Waals surface area contributed by atoms with E-state index < -0.39 is 0 Å². The zero-order valence-corrected chi connectivity index (χ0v) is 12.5. The molecular formula is C16H11Cl2NO2. The van der Waals surface area contributed by atoms with Gasteiger partial charge in [-0.2, -0.15) is 0 Å². The third-order valence-corrected chi connectivity index (χ3v) is 4.21. The number of halogens is 2. The van der Waals surface area contributed by atoms with Gasteiger partial charge in [0.05, 0.1) is 15.7 Å². The van der Waals surface area contributed by atoms with Crippen LogP contribution >= 0.6 is 23.2 Å². The molecule has 1 amide bonds. The van der Waals surface area contributed by atoms with Crippen molar-refractivity contribution in [3.63, 3.8) is 0 Å². The highest BCUT2D eigenvalue weighted by molar-refractivity contribution is 6.42. The summed E-state index contributed by atoms with van der Waals surface area (Å²) in [6.07, 6.45) is 0.323. The van der Waals surface area contributed by atoms with Crippen LogP contribution in [-0.4, -0.2) is 18.2 Å². The number of fused-ring (bicyclic) bond motifs is 1. The first kappa shape index (κ1) is 14.1. The van der Waals surface area contributed by atoms with Crippen LogP contribution in [0.3, 0.4) is 0 Å². The normalized spacial score (nSPS) is 14.0. The summed E-state index contributed by atoms with van der Waals surface area (Å²) in [6, 6.07) is 11.9. The zero-order chi connectivity index (χ0) is 15.0. The van der Waals surface area contributed by atoms with Crippen molar-refractivity contribution in [1.29, 1.82) is 0 Å². The molecule has 0 unspecified atom stereocenters. The van der Waals surface area contributed by atoms with Gasteiger partial charge in [0.1, 0.15) is 0 Å². The maximum Gasteiger partial charge on any atom is 0.258 e. The molecule has 0 aliphatic carbocycles. The Kier molecular flexibility index (Phi) is 3.70. The van der Waals surface area contributed by atoms with Crippen molar-refractivity contribution in [1.82, 2.24) is 0 Å². The van der Waals surface area contributed by atoms with Crippen LogP contribution in [0.25, 0.3) is 0 Å². The Morgan fingerprint density at radius 2 is 1.81 bits per heavy atom. The van der Waals surface area contributed by atoms with E-state index in [1.165, 1.54) is 0 Å². The second kappa shape index (κ2) is 5.51. The first-order chi connectivity index (χ1) is 10.1. The molecule has 0 spiro atoms. The maximum atomic E-state index is 12.6. The quantitative estimate of drug-likeness (QED) is 0.789. The Bertz CT molecular complexity index is 743. The highest BCUT2D eigenvalue weighted by Crippen LogP contribution is 2.29. The first-order valence-electron chi connectivity index (χ1n) is 6.47. The summed E-state index contributed by atoms with van der Waals surface area (Å²) in [5, 5.41) is 0.742. The van der Waals surface area contributed by atoms with Crippen LogP contribution in [0.1, 0.15) is 27.1 Å². The van der Waals surface area contributed by atoms with Crippen molar-refractivity contribution in [2.75, 3.05) is 11.4 Å². The molecule has 2 aromatic rings. The van der Waals surface area contributed by atoms with Gasteiger partial charge in [-0.25, -0.2) is 0 Å². The van der Waals surface area contributed by atoms with Gasteiger partial charge < -0.3 is 4.90 Å². The fourth-order valence-corrected chi connectivity index (χ4v) is 2.71. The summed E-state index contributed by atoms with van der Waals surface area (Å²) in [5.41, 5.74) is 1.68. The minimum absolute atomic E-state index is 0.0591. The molecule has 0 saturated carbocycles. The Morgan fingerprint density at radius 1 is 1.05 bits per heavy atom. The number of Topliss-reactive ketones (excluding diaryl/α,β-unsaturated/α-hetero) is 1. The zero-order valence-electron chi connectivity index (χ0n) is 11.0. The third-order valence-electron chi connectivity index (χ3n) is 3.47. The number of rotatable bonds is 1. The van der Waals surface area contributed by atoms with Gasteiger partial charge in [0.2, 0.25) is 0 Å². The predicted molar refractivity (Wildman–Crippen MR) is 83.5 cm³/mol. The minimum Gasteiger partial charge on any atom is -0.307 e. The van der Waals surface area contributed by atoms with Gasteiger partial charge in [0, 0.05) is 24.1 Å². The van der Waals surface area contributed by atoms with Crippen LogP contribution in [0.4, 0.5) is 5.69 Å². The molecule has 1 aliphatic heterocycles. The summed E-state index contributed by atoms with van der Waals surface area (Å²) < 4.78 is 0. The lowest BCUT2D eigenvalue weighted by atomic mass is 9.99. The Hall–Kier alpha value is -1.84. The first-order valence-corrected chi connectivity index (χ1v) is 7.22. The van der Waals surface area contributed by atoms with Crippen LogP contribution in [0.15, 0.2) is 42.5 Å². The largest absolute Gasteiger partial charge is 0.307 e. The molecule has 2 aromatic carbocycles. The van der Waals surface area contributed by atoms with Gasteiger partial charge in [-0.3, -0.25) is 9.59 Å². The molecule has 0 bridgehead atoms. The third kappa shape index (κ3) is 2.55. The molecule has 5 heteroatoms. The molecule has 0 atom stereocenters. The maximum absolute atomic E-state index is 12.6. The lowest BCUT2D eigenvalue weighted by Gasteiger charge is -2.28. The molecule has 0 N–H and O–H groups in total. The number of benzene rings is 2. The number of nitrogens with zero attached hydrogens (tertiary/aromatic N) is 1. The van der Waals surface area contributed by atoms with E-state index in [9.17, 15) is 9.59 Å². The van der Waals surface area contributed by atoms with Crippen molar-refractivity contribution in [3.05, 3.63) is 63.6 Å². The predicted octanol–water partition coefficient (Wildman–Crippen LogP) is 4.23. The molecule has 0 radical (unpaired) electrons. The van der Waals surface area contributed by atoms with Gasteiger partial charge in [-0.05, 0) is 30.3 Å². The van der Waals surface area contributed by atoms with Gasteiger partial charge >= 0.3 is 0 Å². The van der Waals surface area contributed by atoms with Gasteiger partial charge in [-0.15, -0.1) is 0 Å². The van der Waals surface area contributed by atoms with Crippen LogP contribution < -0.4 is 4.90 Å². The lowest BCUT2D eigenvalue weighted by Crippen LogP contribution is -2.37. The summed E-state index contributed by atoms with van der Waals surface area (Å²) in [6.45, 7) is 0.370. The molecule has 3 nitrogen and oxygen atoms in total. The lowest BCUT2D eigenvalue weighted by molar-refractivity contribution is 0.0955. The molecule has 1 aliphatic rings. The van der Waals surface area contributed by atoms with E-state index in [4.69, 9.17) is 23.2 Å². The molecule has 0 aromatic heterocycles. The van der Waals surface area contributed by atoms with Crippen molar-refractivity contribution < 1.29 is 9.59 Å². The molecule has 21 heavy (non-hydrogen) atoms. The second-order valence-corrected chi connectivity index (χ2v) is 5.59. The summed E-state index contributed by atoms with van der Waals surface area (Å²) in [7, 11) is 0. The second-order valence-electron chi connectivity index (χ2n) is 4.78. The topological polar surface area (TPSA) is 37.4 Å². The monoisotopic (exact) mass is 319 g/mol. The fraction of sp³-hybridized carbons (Fsp3) is 0.125. The van der Waals surface area contributed by atoms with Crippen molar-refractivity contribution in [2.45, 2.75) is 6.42 Å². The summed E-state index contributed by atoms with van der Waals surface area (Å²) in [5.74, 6) is -0.127. The van der Waals surface area contributed by atoms with Crippen LogP contribution in [0.5, 0.6) is 0 Å².